The summed E-state index contributed by atoms with van der Waals surface area (Å²) >= 11 is 1.57. The first-order chi connectivity index (χ1) is 7.77. The molecule has 1 aromatic heterocycles. The zero-order valence-corrected chi connectivity index (χ0v) is 10.6. The van der Waals surface area contributed by atoms with Crippen molar-refractivity contribution in [2.45, 2.75) is 26.3 Å². The summed E-state index contributed by atoms with van der Waals surface area (Å²) in [5, 5.41) is 5.23. The van der Waals surface area contributed by atoms with E-state index in [4.69, 9.17) is 0 Å². The van der Waals surface area contributed by atoms with Gasteiger partial charge in [0.2, 0.25) is 0 Å². The summed E-state index contributed by atoms with van der Waals surface area (Å²) in [5.74, 6) is 0.209. The van der Waals surface area contributed by atoms with Crippen LogP contribution in [0.25, 0.3) is 0 Å². The Labute approximate surface area is 100 Å². The van der Waals surface area contributed by atoms with Crippen LogP contribution in [0, 0.1) is 0 Å². The zero-order chi connectivity index (χ0) is 11.5. The van der Waals surface area contributed by atoms with Gasteiger partial charge in [-0.3, -0.25) is 4.79 Å². The number of nitrogens with one attached hydrogen (secondary N) is 1. The Hall–Kier alpha value is -0.870. The fourth-order valence-electron chi connectivity index (χ4n) is 1.99. The molecule has 1 amide bonds. The third kappa shape index (κ3) is 1.99. The number of hydrogen-bond donors (Lipinski definition) is 1. The average molecular weight is 238 g/mol. The van der Waals surface area contributed by atoms with Gasteiger partial charge in [0, 0.05) is 19.6 Å². The molecule has 0 aliphatic carbocycles. The molecule has 2 heterocycles. The number of thiophene rings is 1. The van der Waals surface area contributed by atoms with Crippen molar-refractivity contribution < 1.29 is 4.79 Å². The molecular weight excluding hydrogens is 220 g/mol. The summed E-state index contributed by atoms with van der Waals surface area (Å²) in [6.07, 6.45) is 0.936. The van der Waals surface area contributed by atoms with E-state index in [9.17, 15) is 4.79 Å². The molecule has 1 saturated heterocycles. The number of hydrogen-bond acceptors (Lipinski definition) is 3. The standard InChI is InChI=1S/C12H18N2OS/c1-3-9-5-6-16-11(9)12(15)14(4-2)10-7-13-8-10/h5-6,10,13H,3-4,7-8H2,1-2H3. The van der Waals surface area contributed by atoms with Crippen LogP contribution >= 0.6 is 11.3 Å². The molecule has 1 aromatic rings. The lowest BCUT2D eigenvalue weighted by molar-refractivity contribution is 0.0634. The maximum absolute atomic E-state index is 12.4. The van der Waals surface area contributed by atoms with E-state index in [-0.39, 0.29) is 5.91 Å². The molecule has 0 bridgehead atoms. The van der Waals surface area contributed by atoms with E-state index in [0.29, 0.717) is 6.04 Å². The van der Waals surface area contributed by atoms with Crippen molar-refractivity contribution in [3.63, 3.8) is 0 Å². The Bertz CT molecular complexity index is 371. The highest BCUT2D eigenvalue weighted by Gasteiger charge is 2.29. The minimum Gasteiger partial charge on any atom is -0.333 e. The number of aryl methyl sites for hydroxylation is 1. The first kappa shape index (κ1) is 11.6. The Morgan fingerprint density at radius 1 is 1.56 bits per heavy atom. The van der Waals surface area contributed by atoms with Gasteiger partial charge in [0.1, 0.15) is 0 Å². The number of nitrogens with zero attached hydrogens (tertiary/aromatic N) is 1. The third-order valence-electron chi connectivity index (χ3n) is 3.12. The van der Waals surface area contributed by atoms with Crippen LogP contribution in [-0.2, 0) is 6.42 Å². The maximum atomic E-state index is 12.4. The van der Waals surface area contributed by atoms with Crippen LogP contribution in [-0.4, -0.2) is 36.5 Å². The maximum Gasteiger partial charge on any atom is 0.264 e. The smallest absolute Gasteiger partial charge is 0.264 e. The van der Waals surface area contributed by atoms with Gasteiger partial charge >= 0.3 is 0 Å². The van der Waals surface area contributed by atoms with Gasteiger partial charge in [-0.2, -0.15) is 0 Å². The van der Waals surface area contributed by atoms with Gasteiger partial charge < -0.3 is 10.2 Å². The minimum absolute atomic E-state index is 0.209. The molecule has 0 saturated carbocycles. The molecule has 0 radical (unpaired) electrons. The molecule has 1 aliphatic rings. The van der Waals surface area contributed by atoms with Gasteiger partial charge in [0.05, 0.1) is 10.9 Å². The topological polar surface area (TPSA) is 32.3 Å². The van der Waals surface area contributed by atoms with E-state index >= 15 is 0 Å². The van der Waals surface area contributed by atoms with E-state index in [0.717, 1.165) is 30.9 Å². The summed E-state index contributed by atoms with van der Waals surface area (Å²) in [6.45, 7) is 6.82. The highest BCUT2D eigenvalue weighted by atomic mass is 32.1. The first-order valence-electron chi connectivity index (χ1n) is 5.86. The van der Waals surface area contributed by atoms with Crippen LogP contribution in [0.1, 0.15) is 29.1 Å². The lowest BCUT2D eigenvalue weighted by Crippen LogP contribution is -2.58. The second kappa shape index (κ2) is 4.97. The van der Waals surface area contributed by atoms with Crippen molar-refractivity contribution in [1.82, 2.24) is 10.2 Å². The van der Waals surface area contributed by atoms with Crippen molar-refractivity contribution in [1.29, 1.82) is 0 Å². The van der Waals surface area contributed by atoms with Gasteiger partial charge in [-0.15, -0.1) is 11.3 Å². The van der Waals surface area contributed by atoms with Crippen LogP contribution < -0.4 is 5.32 Å². The number of carbonyl (C=O) groups is 1. The highest BCUT2D eigenvalue weighted by Crippen LogP contribution is 2.21. The second-order valence-electron chi connectivity index (χ2n) is 4.03. The Balaban J connectivity index is 2.16. The summed E-state index contributed by atoms with van der Waals surface area (Å²) in [6, 6.07) is 2.45. The quantitative estimate of drug-likeness (QED) is 0.866. The number of amides is 1. The van der Waals surface area contributed by atoms with Crippen molar-refractivity contribution in [2.75, 3.05) is 19.6 Å². The Kier molecular flexibility index (Phi) is 3.61. The van der Waals surface area contributed by atoms with Crippen molar-refractivity contribution in [3.05, 3.63) is 21.9 Å². The van der Waals surface area contributed by atoms with E-state index in [1.54, 1.807) is 11.3 Å². The molecular formula is C12H18N2OS. The fourth-order valence-corrected chi connectivity index (χ4v) is 2.94. The van der Waals surface area contributed by atoms with Crippen LogP contribution in [0.15, 0.2) is 11.4 Å². The first-order valence-corrected chi connectivity index (χ1v) is 6.74. The molecule has 1 N–H and O–H groups in total. The predicted molar refractivity (Wildman–Crippen MR) is 67.1 cm³/mol. The number of rotatable bonds is 4. The fraction of sp³-hybridized carbons (Fsp3) is 0.583. The molecule has 1 fully saturated rings. The molecule has 0 aromatic carbocycles. The molecule has 88 valence electrons. The summed E-state index contributed by atoms with van der Waals surface area (Å²) in [7, 11) is 0. The molecule has 2 rings (SSSR count). The summed E-state index contributed by atoms with van der Waals surface area (Å²) in [4.78, 5) is 15.3. The zero-order valence-electron chi connectivity index (χ0n) is 9.82. The van der Waals surface area contributed by atoms with Crippen LogP contribution in [0.5, 0.6) is 0 Å². The molecule has 16 heavy (non-hydrogen) atoms. The number of carbonyl (C=O) groups excluding carboxylic acids is 1. The van der Waals surface area contributed by atoms with Gasteiger partial charge in [-0.05, 0) is 30.4 Å². The molecule has 0 atom stereocenters. The molecule has 0 spiro atoms. The Morgan fingerprint density at radius 3 is 2.81 bits per heavy atom. The normalized spacial score (nSPS) is 15.9. The molecule has 4 heteroatoms. The van der Waals surface area contributed by atoms with Gasteiger partial charge in [0.25, 0.3) is 5.91 Å². The van der Waals surface area contributed by atoms with Crippen LogP contribution in [0.3, 0.4) is 0 Å². The van der Waals surface area contributed by atoms with Crippen molar-refractivity contribution in [2.24, 2.45) is 0 Å². The average Bonchev–Trinajstić information content (AvgIpc) is 2.69. The second-order valence-corrected chi connectivity index (χ2v) is 4.95. The molecule has 1 aliphatic heterocycles. The largest absolute Gasteiger partial charge is 0.333 e. The summed E-state index contributed by atoms with van der Waals surface area (Å²) < 4.78 is 0. The van der Waals surface area contributed by atoms with Crippen molar-refractivity contribution in [3.8, 4) is 0 Å². The van der Waals surface area contributed by atoms with Crippen molar-refractivity contribution >= 4 is 17.2 Å². The SMILES string of the molecule is CCc1ccsc1C(=O)N(CC)C1CNC1. The Morgan fingerprint density at radius 2 is 2.31 bits per heavy atom. The lowest BCUT2D eigenvalue weighted by atomic mass is 10.1. The third-order valence-corrected chi connectivity index (χ3v) is 4.07. The minimum atomic E-state index is 0.209. The monoisotopic (exact) mass is 238 g/mol. The van der Waals surface area contributed by atoms with Gasteiger partial charge in [-0.25, -0.2) is 0 Å². The summed E-state index contributed by atoms with van der Waals surface area (Å²) in [5.41, 5.74) is 1.18. The predicted octanol–water partition coefficient (Wildman–Crippen LogP) is 1.74. The molecule has 0 unspecified atom stereocenters. The highest BCUT2D eigenvalue weighted by molar-refractivity contribution is 7.12. The van der Waals surface area contributed by atoms with Crippen LogP contribution in [0.2, 0.25) is 0 Å². The lowest BCUT2D eigenvalue weighted by Gasteiger charge is -2.37. The molecule has 3 nitrogen and oxygen atoms in total. The van der Waals surface area contributed by atoms with E-state index in [1.165, 1.54) is 5.56 Å². The van der Waals surface area contributed by atoms with Crippen LogP contribution in [0.4, 0.5) is 0 Å². The number of likely N-dealkylation sites (N-methyl/N-ethyl adjacent to an activating group) is 1. The van der Waals surface area contributed by atoms with E-state index in [1.807, 2.05) is 10.3 Å². The van der Waals surface area contributed by atoms with Gasteiger partial charge in [0.15, 0.2) is 0 Å². The van der Waals surface area contributed by atoms with E-state index in [2.05, 4.69) is 25.2 Å². The van der Waals surface area contributed by atoms with Gasteiger partial charge in [-0.1, -0.05) is 6.92 Å². The van der Waals surface area contributed by atoms with E-state index < -0.39 is 0 Å².